The first-order chi connectivity index (χ1) is 12.4. The van der Waals surface area contributed by atoms with E-state index in [-0.39, 0.29) is 0 Å². The van der Waals surface area contributed by atoms with Gasteiger partial charge < -0.3 is 30.2 Å². The van der Waals surface area contributed by atoms with Gasteiger partial charge in [-0.25, -0.2) is 0 Å². The Morgan fingerprint density at radius 1 is 1.12 bits per heavy atom. The van der Waals surface area contributed by atoms with Crippen molar-refractivity contribution in [2.75, 3.05) is 52.5 Å². The molecular formula is C18H28N4O3. The third-order valence-electron chi connectivity index (χ3n) is 4.04. The summed E-state index contributed by atoms with van der Waals surface area (Å²) in [5.74, 6) is 3.19. The lowest BCUT2D eigenvalue weighted by atomic mass is 10.3. The van der Waals surface area contributed by atoms with E-state index in [0.29, 0.717) is 19.8 Å². The third kappa shape index (κ3) is 5.70. The molecule has 0 fully saturated rings. The lowest BCUT2D eigenvalue weighted by Crippen LogP contribution is -2.41. The Labute approximate surface area is 149 Å². The highest BCUT2D eigenvalue weighted by Gasteiger charge is 2.16. The van der Waals surface area contributed by atoms with E-state index >= 15 is 0 Å². The smallest absolute Gasteiger partial charge is 0.203 e. The van der Waals surface area contributed by atoms with Crippen molar-refractivity contribution in [3.63, 3.8) is 0 Å². The van der Waals surface area contributed by atoms with Gasteiger partial charge in [0.15, 0.2) is 17.5 Å². The normalized spacial score (nSPS) is 15.9. The minimum atomic E-state index is 0.571. The van der Waals surface area contributed by atoms with E-state index in [9.17, 15) is 0 Å². The van der Waals surface area contributed by atoms with Crippen molar-refractivity contribution < 1.29 is 14.2 Å². The minimum absolute atomic E-state index is 0.571. The van der Waals surface area contributed by atoms with Crippen LogP contribution in [-0.2, 0) is 0 Å². The summed E-state index contributed by atoms with van der Waals surface area (Å²) in [5.41, 5.74) is 0. The summed E-state index contributed by atoms with van der Waals surface area (Å²) in [6, 6.07) is 5.75. The first kappa shape index (κ1) is 17.7. The summed E-state index contributed by atoms with van der Waals surface area (Å²) in [4.78, 5) is 4.39. The second-order valence-electron chi connectivity index (χ2n) is 6.02. The molecular weight excluding hydrogens is 320 g/mol. The van der Waals surface area contributed by atoms with Crippen LogP contribution < -0.4 is 30.2 Å². The second-order valence-corrected chi connectivity index (χ2v) is 6.02. The van der Waals surface area contributed by atoms with Gasteiger partial charge in [0.2, 0.25) is 5.75 Å². The average Bonchev–Trinajstić information content (AvgIpc) is 2.67. The number of hydrogen-bond acceptors (Lipinski definition) is 7. The number of fused-ring (bicyclic) bond motifs is 1. The first-order valence-electron chi connectivity index (χ1n) is 9.18. The molecule has 0 aromatic heterocycles. The summed E-state index contributed by atoms with van der Waals surface area (Å²) < 4.78 is 17.0. The molecule has 0 amide bonds. The van der Waals surface area contributed by atoms with Gasteiger partial charge in [-0.1, -0.05) is 6.07 Å². The van der Waals surface area contributed by atoms with Crippen LogP contribution in [-0.4, -0.2) is 58.5 Å². The van der Waals surface area contributed by atoms with Crippen LogP contribution in [0, 0.1) is 0 Å². The Morgan fingerprint density at radius 3 is 2.96 bits per heavy atom. The number of aliphatic imine (C=N–C) groups is 1. The van der Waals surface area contributed by atoms with Gasteiger partial charge >= 0.3 is 0 Å². The van der Waals surface area contributed by atoms with E-state index in [1.807, 2.05) is 18.2 Å². The lowest BCUT2D eigenvalue weighted by Gasteiger charge is -2.20. The van der Waals surface area contributed by atoms with Gasteiger partial charge in [0.05, 0.1) is 0 Å². The molecule has 138 valence electrons. The Morgan fingerprint density at radius 2 is 2.04 bits per heavy atom. The molecule has 7 nitrogen and oxygen atoms in total. The number of unbranched alkanes of at least 4 members (excludes halogenated alkanes) is 1. The Bertz CT molecular complexity index is 565. The highest BCUT2D eigenvalue weighted by Crippen LogP contribution is 2.38. The summed E-state index contributed by atoms with van der Waals surface area (Å²) >= 11 is 0. The van der Waals surface area contributed by atoms with Crippen LogP contribution in [0.3, 0.4) is 0 Å². The molecule has 2 aliphatic heterocycles. The zero-order valence-corrected chi connectivity index (χ0v) is 14.7. The molecule has 0 saturated heterocycles. The second kappa shape index (κ2) is 9.98. The number of ether oxygens (including phenoxy) is 3. The number of benzene rings is 1. The van der Waals surface area contributed by atoms with Crippen molar-refractivity contribution in [3.05, 3.63) is 18.2 Å². The van der Waals surface area contributed by atoms with Crippen LogP contribution in [0.5, 0.6) is 17.2 Å². The molecule has 3 rings (SSSR count). The fourth-order valence-corrected chi connectivity index (χ4v) is 2.75. The zero-order valence-electron chi connectivity index (χ0n) is 14.7. The van der Waals surface area contributed by atoms with E-state index in [0.717, 1.165) is 75.2 Å². The third-order valence-corrected chi connectivity index (χ3v) is 4.04. The molecule has 2 aliphatic rings. The van der Waals surface area contributed by atoms with E-state index < -0.39 is 0 Å². The maximum absolute atomic E-state index is 5.81. The van der Waals surface area contributed by atoms with Crippen molar-refractivity contribution in [1.29, 1.82) is 0 Å². The van der Waals surface area contributed by atoms with Crippen LogP contribution >= 0.6 is 0 Å². The quantitative estimate of drug-likeness (QED) is 0.581. The van der Waals surface area contributed by atoms with Crippen LogP contribution in [0.1, 0.15) is 19.3 Å². The molecule has 0 unspecified atom stereocenters. The average molecular weight is 348 g/mol. The molecule has 0 spiro atoms. The van der Waals surface area contributed by atoms with E-state index in [1.54, 1.807) is 0 Å². The van der Waals surface area contributed by atoms with Crippen molar-refractivity contribution in [2.45, 2.75) is 19.3 Å². The maximum Gasteiger partial charge on any atom is 0.203 e. The van der Waals surface area contributed by atoms with Gasteiger partial charge in [-0.05, 0) is 37.9 Å². The highest BCUT2D eigenvalue weighted by atomic mass is 16.6. The van der Waals surface area contributed by atoms with Crippen molar-refractivity contribution in [1.82, 2.24) is 16.0 Å². The minimum Gasteiger partial charge on any atom is -0.488 e. The fraction of sp³-hybridized carbons (Fsp3) is 0.611. The predicted octanol–water partition coefficient (Wildman–Crippen LogP) is 1.15. The molecule has 0 aliphatic carbocycles. The van der Waals surface area contributed by atoms with Crippen LogP contribution in [0.2, 0.25) is 0 Å². The van der Waals surface area contributed by atoms with Crippen LogP contribution in [0.25, 0.3) is 0 Å². The Hall–Kier alpha value is -2.15. The van der Waals surface area contributed by atoms with Crippen molar-refractivity contribution in [3.8, 4) is 17.2 Å². The van der Waals surface area contributed by atoms with Crippen LogP contribution in [0.4, 0.5) is 0 Å². The molecule has 1 aromatic carbocycles. The van der Waals surface area contributed by atoms with Gasteiger partial charge in [0, 0.05) is 26.2 Å². The summed E-state index contributed by atoms with van der Waals surface area (Å²) in [6.07, 6.45) is 3.37. The largest absolute Gasteiger partial charge is 0.488 e. The molecule has 0 radical (unpaired) electrons. The van der Waals surface area contributed by atoms with Crippen LogP contribution in [0.15, 0.2) is 23.2 Å². The van der Waals surface area contributed by atoms with Gasteiger partial charge in [0.25, 0.3) is 0 Å². The topological polar surface area (TPSA) is 76.1 Å². The molecule has 0 atom stereocenters. The monoisotopic (exact) mass is 348 g/mol. The number of rotatable bonds is 9. The van der Waals surface area contributed by atoms with E-state index in [2.05, 4.69) is 20.9 Å². The molecule has 1 aromatic rings. The Kier molecular flexibility index (Phi) is 7.05. The number of guanidine groups is 1. The summed E-state index contributed by atoms with van der Waals surface area (Å²) in [5, 5.41) is 10.0. The standard InChI is InChI=1S/C18H28N4O3/c1(2-8-20-18-21-9-4-10-22-18)7-19-11-12-23-15-5-3-6-16-17(15)25-14-13-24-16/h3,5-6,19H,1-2,4,7-14H2,(H2,20,21,22). The van der Waals surface area contributed by atoms with Gasteiger partial charge in [0.1, 0.15) is 19.8 Å². The molecule has 25 heavy (non-hydrogen) atoms. The van der Waals surface area contributed by atoms with E-state index in [4.69, 9.17) is 14.2 Å². The van der Waals surface area contributed by atoms with Gasteiger partial charge in [-0.15, -0.1) is 0 Å². The highest BCUT2D eigenvalue weighted by molar-refractivity contribution is 5.80. The fourth-order valence-electron chi connectivity index (χ4n) is 2.75. The molecule has 3 N–H and O–H groups in total. The van der Waals surface area contributed by atoms with Crippen molar-refractivity contribution in [2.24, 2.45) is 4.99 Å². The molecule has 0 saturated carbocycles. The SMILES string of the molecule is c1cc(OCCNCCCCNC2=NCCCN2)c2c(c1)OCCO2. The maximum atomic E-state index is 5.81. The molecule has 0 bridgehead atoms. The van der Waals surface area contributed by atoms with Gasteiger partial charge in [-0.3, -0.25) is 4.99 Å². The number of para-hydroxylation sites is 1. The molecule has 7 heteroatoms. The number of nitrogens with one attached hydrogen (secondary N) is 3. The lowest BCUT2D eigenvalue weighted by molar-refractivity contribution is 0.162. The zero-order chi connectivity index (χ0) is 17.2. The predicted molar refractivity (Wildman–Crippen MR) is 98.0 cm³/mol. The number of hydrogen-bond donors (Lipinski definition) is 3. The Balaban J connectivity index is 1.22. The van der Waals surface area contributed by atoms with E-state index in [1.165, 1.54) is 0 Å². The summed E-state index contributed by atoms with van der Waals surface area (Å²) in [6.45, 7) is 6.48. The summed E-state index contributed by atoms with van der Waals surface area (Å²) in [7, 11) is 0. The first-order valence-corrected chi connectivity index (χ1v) is 9.18. The number of nitrogens with zero attached hydrogens (tertiary/aromatic N) is 1. The van der Waals surface area contributed by atoms with Crippen molar-refractivity contribution >= 4 is 5.96 Å². The molecule has 2 heterocycles. The van der Waals surface area contributed by atoms with Gasteiger partial charge in [-0.2, -0.15) is 0 Å².